The van der Waals surface area contributed by atoms with Crippen molar-refractivity contribution in [2.75, 3.05) is 16.0 Å². The minimum absolute atomic E-state index is 0.248. The van der Waals surface area contributed by atoms with Gasteiger partial charge in [0.2, 0.25) is 17.8 Å². The third kappa shape index (κ3) is 5.09. The summed E-state index contributed by atoms with van der Waals surface area (Å²) >= 11 is 0. The van der Waals surface area contributed by atoms with Crippen LogP contribution >= 0.6 is 0 Å². The summed E-state index contributed by atoms with van der Waals surface area (Å²) in [4.78, 5) is 13.3. The standard InChI is InChI=1S/C17H26N6/c1-10(2)18-15-21-16(19-11(3)4)23-17(22-15)20-14-8-7-12(5)9-13(14)6/h7-11H,1-6H3,(H3,18,19,20,21,22,23). The fourth-order valence-electron chi connectivity index (χ4n) is 2.15. The van der Waals surface area contributed by atoms with E-state index in [1.165, 1.54) is 5.56 Å². The number of nitrogens with one attached hydrogen (secondary N) is 3. The van der Waals surface area contributed by atoms with Gasteiger partial charge < -0.3 is 16.0 Å². The zero-order valence-electron chi connectivity index (χ0n) is 14.7. The van der Waals surface area contributed by atoms with Gasteiger partial charge in [-0.05, 0) is 53.2 Å². The van der Waals surface area contributed by atoms with E-state index in [0.717, 1.165) is 11.3 Å². The van der Waals surface area contributed by atoms with Crippen LogP contribution in [0, 0.1) is 13.8 Å². The zero-order valence-corrected chi connectivity index (χ0v) is 14.7. The third-order valence-electron chi connectivity index (χ3n) is 3.10. The van der Waals surface area contributed by atoms with Crippen LogP contribution in [0.15, 0.2) is 18.2 Å². The van der Waals surface area contributed by atoms with Gasteiger partial charge in [-0.3, -0.25) is 0 Å². The molecule has 0 aliphatic carbocycles. The second-order valence-electron chi connectivity index (χ2n) is 6.35. The first-order valence-corrected chi connectivity index (χ1v) is 7.97. The molecular weight excluding hydrogens is 288 g/mol. The Bertz CT molecular complexity index is 638. The highest BCUT2D eigenvalue weighted by molar-refractivity contribution is 5.60. The summed E-state index contributed by atoms with van der Waals surface area (Å²) in [5.41, 5.74) is 3.38. The molecule has 3 N–H and O–H groups in total. The maximum atomic E-state index is 4.46. The molecule has 0 fully saturated rings. The lowest BCUT2D eigenvalue weighted by Crippen LogP contribution is -2.18. The van der Waals surface area contributed by atoms with Gasteiger partial charge >= 0.3 is 0 Å². The fraction of sp³-hybridized carbons (Fsp3) is 0.471. The molecule has 0 unspecified atom stereocenters. The van der Waals surface area contributed by atoms with Crippen LogP contribution in [-0.2, 0) is 0 Å². The Balaban J connectivity index is 2.31. The quantitative estimate of drug-likeness (QED) is 0.751. The number of nitrogens with zero attached hydrogens (tertiary/aromatic N) is 3. The van der Waals surface area contributed by atoms with Gasteiger partial charge in [-0.15, -0.1) is 0 Å². The summed E-state index contributed by atoms with van der Waals surface area (Å²) in [5, 5.41) is 9.74. The van der Waals surface area contributed by atoms with Crippen LogP contribution in [0.25, 0.3) is 0 Å². The Labute approximate surface area is 138 Å². The number of hydrogen-bond acceptors (Lipinski definition) is 6. The van der Waals surface area contributed by atoms with Crippen molar-refractivity contribution in [3.63, 3.8) is 0 Å². The summed E-state index contributed by atoms with van der Waals surface area (Å²) in [6.07, 6.45) is 0. The number of hydrogen-bond donors (Lipinski definition) is 3. The highest BCUT2D eigenvalue weighted by atomic mass is 15.3. The number of aromatic nitrogens is 3. The highest BCUT2D eigenvalue weighted by Crippen LogP contribution is 2.21. The first-order chi connectivity index (χ1) is 10.8. The van der Waals surface area contributed by atoms with Gasteiger partial charge in [-0.1, -0.05) is 17.7 Å². The van der Waals surface area contributed by atoms with Crippen molar-refractivity contribution >= 4 is 23.5 Å². The van der Waals surface area contributed by atoms with Crippen molar-refractivity contribution in [2.24, 2.45) is 0 Å². The van der Waals surface area contributed by atoms with Crippen LogP contribution in [0.5, 0.6) is 0 Å². The van der Waals surface area contributed by atoms with E-state index in [9.17, 15) is 0 Å². The summed E-state index contributed by atoms with van der Waals surface area (Å²) in [6.45, 7) is 12.4. The number of benzene rings is 1. The minimum Gasteiger partial charge on any atom is -0.352 e. The molecule has 1 heterocycles. The van der Waals surface area contributed by atoms with E-state index >= 15 is 0 Å². The van der Waals surface area contributed by atoms with Crippen LogP contribution in [0.4, 0.5) is 23.5 Å². The molecular formula is C17H26N6. The minimum atomic E-state index is 0.248. The van der Waals surface area contributed by atoms with Crippen LogP contribution < -0.4 is 16.0 Å². The fourth-order valence-corrected chi connectivity index (χ4v) is 2.15. The van der Waals surface area contributed by atoms with E-state index in [0.29, 0.717) is 17.8 Å². The molecule has 6 heteroatoms. The average molecular weight is 314 g/mol. The van der Waals surface area contributed by atoms with Crippen molar-refractivity contribution in [2.45, 2.75) is 53.6 Å². The molecule has 124 valence electrons. The monoisotopic (exact) mass is 314 g/mol. The first-order valence-electron chi connectivity index (χ1n) is 7.97. The maximum Gasteiger partial charge on any atom is 0.233 e. The summed E-state index contributed by atoms with van der Waals surface area (Å²) in [5.74, 6) is 1.65. The number of rotatable bonds is 6. The van der Waals surface area contributed by atoms with E-state index in [-0.39, 0.29) is 12.1 Å². The summed E-state index contributed by atoms with van der Waals surface area (Å²) in [6, 6.07) is 6.73. The summed E-state index contributed by atoms with van der Waals surface area (Å²) in [7, 11) is 0. The predicted molar refractivity (Wildman–Crippen MR) is 96.5 cm³/mol. The van der Waals surface area contributed by atoms with E-state index in [1.54, 1.807) is 0 Å². The van der Waals surface area contributed by atoms with Gasteiger partial charge in [0.15, 0.2) is 0 Å². The van der Waals surface area contributed by atoms with Gasteiger partial charge in [0.25, 0.3) is 0 Å². The normalized spacial score (nSPS) is 11.0. The van der Waals surface area contributed by atoms with Crippen LogP contribution in [-0.4, -0.2) is 27.0 Å². The van der Waals surface area contributed by atoms with Crippen LogP contribution in [0.1, 0.15) is 38.8 Å². The molecule has 2 rings (SSSR count). The molecule has 0 atom stereocenters. The zero-order chi connectivity index (χ0) is 17.0. The molecule has 6 nitrogen and oxygen atoms in total. The SMILES string of the molecule is Cc1ccc(Nc2nc(NC(C)C)nc(NC(C)C)n2)c(C)c1. The maximum absolute atomic E-state index is 4.46. The van der Waals surface area contributed by atoms with E-state index < -0.39 is 0 Å². The summed E-state index contributed by atoms with van der Waals surface area (Å²) < 4.78 is 0. The molecule has 1 aromatic carbocycles. The Hall–Kier alpha value is -2.37. The second kappa shape index (κ2) is 7.26. The van der Waals surface area contributed by atoms with Gasteiger partial charge in [0, 0.05) is 17.8 Å². The van der Waals surface area contributed by atoms with Crippen molar-refractivity contribution < 1.29 is 0 Å². The van der Waals surface area contributed by atoms with Gasteiger partial charge in [0.1, 0.15) is 0 Å². The van der Waals surface area contributed by atoms with Crippen molar-refractivity contribution in [1.82, 2.24) is 15.0 Å². The van der Waals surface area contributed by atoms with Crippen molar-refractivity contribution in [3.05, 3.63) is 29.3 Å². The van der Waals surface area contributed by atoms with Crippen LogP contribution in [0.2, 0.25) is 0 Å². The topological polar surface area (TPSA) is 74.8 Å². The van der Waals surface area contributed by atoms with E-state index in [4.69, 9.17) is 0 Å². The predicted octanol–water partition coefficient (Wildman–Crippen LogP) is 3.87. The molecule has 0 aliphatic heterocycles. The van der Waals surface area contributed by atoms with Crippen molar-refractivity contribution in [1.29, 1.82) is 0 Å². The van der Waals surface area contributed by atoms with Crippen LogP contribution in [0.3, 0.4) is 0 Å². The third-order valence-corrected chi connectivity index (χ3v) is 3.10. The Morgan fingerprint density at radius 2 is 1.30 bits per heavy atom. The first kappa shape index (κ1) is 17.0. The highest BCUT2D eigenvalue weighted by Gasteiger charge is 2.09. The molecule has 23 heavy (non-hydrogen) atoms. The lowest BCUT2D eigenvalue weighted by molar-refractivity contribution is 0.847. The number of aryl methyl sites for hydroxylation is 2. The van der Waals surface area contributed by atoms with Crippen molar-refractivity contribution in [3.8, 4) is 0 Å². The van der Waals surface area contributed by atoms with Gasteiger partial charge in [0.05, 0.1) is 0 Å². The lowest BCUT2D eigenvalue weighted by atomic mass is 10.1. The Morgan fingerprint density at radius 1 is 0.783 bits per heavy atom. The molecule has 0 radical (unpaired) electrons. The average Bonchev–Trinajstić information content (AvgIpc) is 2.40. The smallest absolute Gasteiger partial charge is 0.233 e. The largest absolute Gasteiger partial charge is 0.352 e. The molecule has 0 amide bonds. The molecule has 0 bridgehead atoms. The molecule has 0 saturated heterocycles. The number of anilines is 4. The Morgan fingerprint density at radius 3 is 1.78 bits per heavy atom. The van der Waals surface area contributed by atoms with E-state index in [2.05, 4.69) is 84.6 Å². The van der Waals surface area contributed by atoms with Gasteiger partial charge in [-0.25, -0.2) is 0 Å². The lowest BCUT2D eigenvalue weighted by Gasteiger charge is -2.15. The molecule has 2 aromatic rings. The van der Waals surface area contributed by atoms with E-state index in [1.807, 2.05) is 6.07 Å². The van der Waals surface area contributed by atoms with Gasteiger partial charge in [-0.2, -0.15) is 15.0 Å². The Kier molecular flexibility index (Phi) is 5.36. The molecule has 0 aliphatic rings. The molecule has 0 spiro atoms. The molecule has 0 saturated carbocycles. The molecule has 1 aromatic heterocycles. The second-order valence-corrected chi connectivity index (χ2v) is 6.35.